The highest BCUT2D eigenvalue weighted by atomic mass is 35.5. The summed E-state index contributed by atoms with van der Waals surface area (Å²) < 4.78 is 5.56. The smallest absolute Gasteiger partial charge is 0.220 e. The van der Waals surface area contributed by atoms with Crippen LogP contribution >= 0.6 is 11.6 Å². The van der Waals surface area contributed by atoms with Crippen LogP contribution in [0.2, 0.25) is 5.02 Å². The maximum atomic E-state index is 10.7. The number of amides is 1. The number of rotatable bonds is 8. The van der Waals surface area contributed by atoms with E-state index in [2.05, 4.69) is 19.2 Å². The minimum atomic E-state index is -0.374. The van der Waals surface area contributed by atoms with E-state index < -0.39 is 0 Å². The topological polar surface area (TPSA) is 64.3 Å². The lowest BCUT2D eigenvalue weighted by Gasteiger charge is -2.14. The summed E-state index contributed by atoms with van der Waals surface area (Å²) in [4.78, 5) is 10.7. The van der Waals surface area contributed by atoms with Crippen LogP contribution in [0.15, 0.2) is 18.2 Å². The van der Waals surface area contributed by atoms with Gasteiger partial charge >= 0.3 is 0 Å². The molecule has 1 rings (SSSR count). The maximum absolute atomic E-state index is 10.7. The summed E-state index contributed by atoms with van der Waals surface area (Å²) in [5.74, 6) is 0.897. The van der Waals surface area contributed by atoms with Crippen LogP contribution in [0.5, 0.6) is 5.75 Å². The van der Waals surface area contributed by atoms with Crippen molar-refractivity contribution in [3.63, 3.8) is 0 Å². The molecule has 0 heterocycles. The van der Waals surface area contributed by atoms with E-state index in [0.29, 0.717) is 23.2 Å². The zero-order valence-electron chi connectivity index (χ0n) is 11.4. The van der Waals surface area contributed by atoms with E-state index in [4.69, 9.17) is 22.1 Å². The number of halogens is 1. The number of primary amides is 1. The third-order valence-electron chi connectivity index (χ3n) is 2.54. The molecule has 0 bridgehead atoms. The van der Waals surface area contributed by atoms with Crippen molar-refractivity contribution in [2.75, 3.05) is 13.2 Å². The van der Waals surface area contributed by atoms with Crippen LogP contribution in [0.25, 0.3) is 0 Å². The van der Waals surface area contributed by atoms with E-state index in [9.17, 15) is 4.79 Å². The number of benzene rings is 1. The van der Waals surface area contributed by atoms with Gasteiger partial charge in [0.1, 0.15) is 5.75 Å². The maximum Gasteiger partial charge on any atom is 0.220 e. The molecule has 4 nitrogen and oxygen atoms in total. The number of carbonyl (C=O) groups is 1. The summed E-state index contributed by atoms with van der Waals surface area (Å²) in [7, 11) is 0. The lowest BCUT2D eigenvalue weighted by atomic mass is 10.1. The highest BCUT2D eigenvalue weighted by molar-refractivity contribution is 6.31. The Labute approximate surface area is 119 Å². The van der Waals surface area contributed by atoms with Gasteiger partial charge in [-0.25, -0.2) is 0 Å². The van der Waals surface area contributed by atoms with Gasteiger partial charge in [-0.1, -0.05) is 31.5 Å². The molecule has 0 atom stereocenters. The molecule has 106 valence electrons. The van der Waals surface area contributed by atoms with Crippen LogP contribution in [-0.4, -0.2) is 19.1 Å². The van der Waals surface area contributed by atoms with Gasteiger partial charge in [-0.3, -0.25) is 4.79 Å². The summed E-state index contributed by atoms with van der Waals surface area (Å²) >= 11 is 6.17. The molecular formula is C14H21ClN2O2. The molecule has 19 heavy (non-hydrogen) atoms. The quantitative estimate of drug-likeness (QED) is 0.770. The molecule has 0 aromatic heterocycles. The minimum Gasteiger partial charge on any atom is -0.493 e. The van der Waals surface area contributed by atoms with Gasteiger partial charge in [-0.05, 0) is 24.6 Å². The van der Waals surface area contributed by atoms with Crippen molar-refractivity contribution < 1.29 is 9.53 Å². The van der Waals surface area contributed by atoms with Gasteiger partial charge < -0.3 is 15.8 Å². The standard InChI is InChI=1S/C14H21ClN2O2/c1-10(2)8-17-9-11-12(15)4-3-5-13(11)19-7-6-14(16)18/h3-5,10,17H,6-9H2,1-2H3,(H2,16,18). The molecule has 5 heteroatoms. The first kappa shape index (κ1) is 15.8. The number of nitrogens with two attached hydrogens (primary N) is 1. The number of hydrogen-bond donors (Lipinski definition) is 2. The van der Waals surface area contributed by atoms with E-state index in [-0.39, 0.29) is 18.9 Å². The Hall–Kier alpha value is -1.26. The van der Waals surface area contributed by atoms with Crippen LogP contribution in [0, 0.1) is 5.92 Å². The first-order valence-electron chi connectivity index (χ1n) is 6.40. The molecule has 0 saturated carbocycles. The molecule has 0 unspecified atom stereocenters. The molecule has 0 aliphatic heterocycles. The fourth-order valence-corrected chi connectivity index (χ4v) is 1.83. The van der Waals surface area contributed by atoms with Crippen molar-refractivity contribution in [1.29, 1.82) is 0 Å². The van der Waals surface area contributed by atoms with Crippen LogP contribution in [0.3, 0.4) is 0 Å². The van der Waals surface area contributed by atoms with Gasteiger partial charge in [0.15, 0.2) is 0 Å². The lowest BCUT2D eigenvalue weighted by molar-refractivity contribution is -0.118. The largest absolute Gasteiger partial charge is 0.493 e. The predicted molar refractivity (Wildman–Crippen MR) is 77.3 cm³/mol. The van der Waals surface area contributed by atoms with Gasteiger partial charge in [0.2, 0.25) is 5.91 Å². The molecule has 0 radical (unpaired) electrons. The Morgan fingerprint density at radius 1 is 1.47 bits per heavy atom. The van der Waals surface area contributed by atoms with Crippen molar-refractivity contribution in [2.45, 2.75) is 26.8 Å². The van der Waals surface area contributed by atoms with Crippen LogP contribution in [-0.2, 0) is 11.3 Å². The van der Waals surface area contributed by atoms with Crippen LogP contribution in [0.4, 0.5) is 0 Å². The summed E-state index contributed by atoms with van der Waals surface area (Å²) in [6.07, 6.45) is 0.200. The molecule has 0 fully saturated rings. The second kappa shape index (κ2) is 8.02. The van der Waals surface area contributed by atoms with Crippen molar-refractivity contribution in [1.82, 2.24) is 5.32 Å². The predicted octanol–water partition coefficient (Wildman–Crippen LogP) is 2.34. The highest BCUT2D eigenvalue weighted by Crippen LogP contribution is 2.26. The normalized spacial score (nSPS) is 10.7. The second-order valence-corrected chi connectivity index (χ2v) is 5.21. The van der Waals surface area contributed by atoms with Gasteiger partial charge in [0.25, 0.3) is 0 Å². The zero-order chi connectivity index (χ0) is 14.3. The first-order chi connectivity index (χ1) is 9.00. The van der Waals surface area contributed by atoms with Crippen molar-refractivity contribution in [3.05, 3.63) is 28.8 Å². The minimum absolute atomic E-state index is 0.200. The third-order valence-corrected chi connectivity index (χ3v) is 2.89. The summed E-state index contributed by atoms with van der Waals surface area (Å²) in [5, 5.41) is 3.99. The van der Waals surface area contributed by atoms with E-state index in [1.54, 1.807) is 0 Å². The first-order valence-corrected chi connectivity index (χ1v) is 6.77. The number of nitrogens with one attached hydrogen (secondary N) is 1. The van der Waals surface area contributed by atoms with E-state index in [0.717, 1.165) is 12.1 Å². The highest BCUT2D eigenvalue weighted by Gasteiger charge is 2.08. The van der Waals surface area contributed by atoms with Crippen molar-refractivity contribution in [3.8, 4) is 5.75 Å². The SMILES string of the molecule is CC(C)CNCc1c(Cl)cccc1OCCC(N)=O. The Morgan fingerprint density at radius 3 is 2.84 bits per heavy atom. The molecule has 0 spiro atoms. The summed E-state index contributed by atoms with van der Waals surface area (Å²) in [6, 6.07) is 5.50. The molecule has 1 amide bonds. The Bertz CT molecular complexity index is 422. The van der Waals surface area contributed by atoms with E-state index >= 15 is 0 Å². The monoisotopic (exact) mass is 284 g/mol. The van der Waals surface area contributed by atoms with Gasteiger partial charge in [0.05, 0.1) is 13.0 Å². The number of carbonyl (C=O) groups excluding carboxylic acids is 1. The molecule has 3 N–H and O–H groups in total. The Balaban J connectivity index is 2.63. The molecule has 0 aliphatic rings. The molecule has 1 aromatic rings. The number of hydrogen-bond acceptors (Lipinski definition) is 3. The van der Waals surface area contributed by atoms with Gasteiger partial charge in [-0.2, -0.15) is 0 Å². The summed E-state index contributed by atoms with van der Waals surface area (Å²) in [5.41, 5.74) is 5.99. The third kappa shape index (κ3) is 5.94. The Morgan fingerprint density at radius 2 is 2.21 bits per heavy atom. The average Bonchev–Trinajstić information content (AvgIpc) is 2.31. The average molecular weight is 285 g/mol. The second-order valence-electron chi connectivity index (χ2n) is 4.81. The molecule has 0 saturated heterocycles. The fourth-order valence-electron chi connectivity index (χ4n) is 1.59. The van der Waals surface area contributed by atoms with Gasteiger partial charge in [-0.15, -0.1) is 0 Å². The fraction of sp³-hybridized carbons (Fsp3) is 0.500. The van der Waals surface area contributed by atoms with Crippen molar-refractivity contribution in [2.24, 2.45) is 11.7 Å². The van der Waals surface area contributed by atoms with E-state index in [1.807, 2.05) is 18.2 Å². The van der Waals surface area contributed by atoms with E-state index in [1.165, 1.54) is 0 Å². The summed E-state index contributed by atoms with van der Waals surface area (Å²) in [6.45, 7) is 6.11. The van der Waals surface area contributed by atoms with Crippen LogP contribution in [0.1, 0.15) is 25.8 Å². The number of ether oxygens (including phenoxy) is 1. The lowest BCUT2D eigenvalue weighted by Crippen LogP contribution is -2.20. The van der Waals surface area contributed by atoms with Gasteiger partial charge in [0, 0.05) is 17.1 Å². The zero-order valence-corrected chi connectivity index (χ0v) is 12.2. The molecule has 0 aliphatic carbocycles. The molecule has 1 aromatic carbocycles. The van der Waals surface area contributed by atoms with Crippen LogP contribution < -0.4 is 15.8 Å². The van der Waals surface area contributed by atoms with Crippen molar-refractivity contribution >= 4 is 17.5 Å². The molecular weight excluding hydrogens is 264 g/mol. The Kier molecular flexibility index (Phi) is 6.67.